The van der Waals surface area contributed by atoms with Gasteiger partial charge in [0.15, 0.2) is 5.16 Å². The standard InChI is InChI=1S/C18H12FN3O2S/c1-25-18-21-16(15(10-20)17(23)22-18)11-2-6-13(7-3-11)24-14-8-4-12(19)5-9-14/h2-9H,1H3,(H,21,22,23). The topological polar surface area (TPSA) is 78.8 Å². The lowest BCUT2D eigenvalue weighted by molar-refractivity contribution is 0.480. The normalized spacial score (nSPS) is 10.3. The Morgan fingerprint density at radius 1 is 1.12 bits per heavy atom. The summed E-state index contributed by atoms with van der Waals surface area (Å²) in [4.78, 5) is 18.8. The molecule has 0 amide bonds. The molecule has 0 fully saturated rings. The van der Waals surface area contributed by atoms with Gasteiger partial charge in [0.2, 0.25) is 0 Å². The fourth-order valence-electron chi connectivity index (χ4n) is 2.18. The van der Waals surface area contributed by atoms with Crippen molar-refractivity contribution in [2.24, 2.45) is 0 Å². The number of aromatic nitrogens is 2. The van der Waals surface area contributed by atoms with Crippen molar-refractivity contribution in [1.82, 2.24) is 9.97 Å². The van der Waals surface area contributed by atoms with Gasteiger partial charge in [0.1, 0.15) is 28.9 Å². The van der Waals surface area contributed by atoms with Crippen molar-refractivity contribution in [2.75, 3.05) is 6.26 Å². The molecule has 0 spiro atoms. The first-order valence-corrected chi connectivity index (χ1v) is 8.45. The molecule has 7 heteroatoms. The van der Waals surface area contributed by atoms with Gasteiger partial charge in [0.05, 0.1) is 5.69 Å². The Morgan fingerprint density at radius 2 is 1.72 bits per heavy atom. The summed E-state index contributed by atoms with van der Waals surface area (Å²) < 4.78 is 18.5. The molecule has 2 aromatic carbocycles. The van der Waals surface area contributed by atoms with E-state index in [-0.39, 0.29) is 11.4 Å². The summed E-state index contributed by atoms with van der Waals surface area (Å²) in [6.45, 7) is 0. The average Bonchev–Trinajstić information content (AvgIpc) is 2.63. The van der Waals surface area contributed by atoms with Gasteiger partial charge in [0.25, 0.3) is 5.56 Å². The third kappa shape index (κ3) is 3.70. The molecule has 0 aliphatic heterocycles. The predicted molar refractivity (Wildman–Crippen MR) is 93.3 cm³/mol. The second-order valence-electron chi connectivity index (χ2n) is 4.99. The van der Waals surface area contributed by atoms with Gasteiger partial charge in [-0.3, -0.25) is 4.79 Å². The molecule has 0 unspecified atom stereocenters. The molecule has 0 bridgehead atoms. The maximum absolute atomic E-state index is 12.9. The molecule has 0 aliphatic carbocycles. The number of thioether (sulfide) groups is 1. The number of halogens is 1. The fraction of sp³-hybridized carbons (Fsp3) is 0.0556. The lowest BCUT2D eigenvalue weighted by Crippen LogP contribution is -2.14. The average molecular weight is 353 g/mol. The molecule has 0 saturated carbocycles. The van der Waals surface area contributed by atoms with Crippen molar-refractivity contribution >= 4 is 11.8 Å². The van der Waals surface area contributed by atoms with Crippen LogP contribution in [0.1, 0.15) is 5.56 Å². The van der Waals surface area contributed by atoms with Gasteiger partial charge in [-0.2, -0.15) is 5.26 Å². The molecule has 3 aromatic rings. The summed E-state index contributed by atoms with van der Waals surface area (Å²) in [5, 5.41) is 9.66. The molecule has 124 valence electrons. The second kappa shape index (κ2) is 7.20. The molecule has 0 atom stereocenters. The van der Waals surface area contributed by atoms with E-state index in [1.807, 2.05) is 6.07 Å². The Balaban J connectivity index is 1.93. The maximum Gasteiger partial charge on any atom is 0.270 e. The van der Waals surface area contributed by atoms with Crippen LogP contribution in [-0.2, 0) is 0 Å². The van der Waals surface area contributed by atoms with E-state index in [0.29, 0.717) is 27.9 Å². The smallest absolute Gasteiger partial charge is 0.270 e. The summed E-state index contributed by atoms with van der Waals surface area (Å²) in [6, 6.07) is 14.4. The van der Waals surface area contributed by atoms with Crippen LogP contribution < -0.4 is 10.3 Å². The van der Waals surface area contributed by atoms with Gasteiger partial charge < -0.3 is 9.72 Å². The molecule has 0 radical (unpaired) electrons. The fourth-order valence-corrected chi connectivity index (χ4v) is 2.56. The summed E-state index contributed by atoms with van der Waals surface area (Å²) in [5.41, 5.74) is 0.446. The first-order valence-electron chi connectivity index (χ1n) is 7.23. The number of hydrogen-bond donors (Lipinski definition) is 1. The van der Waals surface area contributed by atoms with Gasteiger partial charge in [-0.1, -0.05) is 11.8 Å². The molecule has 5 nitrogen and oxygen atoms in total. The van der Waals surface area contributed by atoms with Crippen LogP contribution in [0.5, 0.6) is 11.5 Å². The molecule has 1 heterocycles. The lowest BCUT2D eigenvalue weighted by atomic mass is 10.1. The number of nitrogens with zero attached hydrogens (tertiary/aromatic N) is 2. The first-order chi connectivity index (χ1) is 12.1. The van der Waals surface area contributed by atoms with Crippen LogP contribution in [0.4, 0.5) is 4.39 Å². The van der Waals surface area contributed by atoms with Crippen molar-refractivity contribution in [3.8, 4) is 28.8 Å². The molecule has 1 N–H and O–H groups in total. The van der Waals surface area contributed by atoms with Crippen LogP contribution in [0.25, 0.3) is 11.3 Å². The minimum atomic E-state index is -0.469. The van der Waals surface area contributed by atoms with Gasteiger partial charge in [0, 0.05) is 5.56 Å². The number of hydrogen-bond acceptors (Lipinski definition) is 5. The third-order valence-electron chi connectivity index (χ3n) is 3.38. The molecule has 0 aliphatic rings. The number of benzene rings is 2. The molecule has 0 saturated heterocycles. The van der Waals surface area contributed by atoms with E-state index in [1.165, 1.54) is 36.0 Å². The SMILES string of the molecule is CSc1nc(-c2ccc(Oc3ccc(F)cc3)cc2)c(C#N)c(=O)[nH]1. The van der Waals surface area contributed by atoms with E-state index in [2.05, 4.69) is 9.97 Å². The summed E-state index contributed by atoms with van der Waals surface area (Å²) >= 11 is 1.29. The Morgan fingerprint density at radius 3 is 2.28 bits per heavy atom. The van der Waals surface area contributed by atoms with E-state index in [4.69, 9.17) is 4.74 Å². The molecular formula is C18H12FN3O2S. The van der Waals surface area contributed by atoms with Crippen molar-refractivity contribution in [1.29, 1.82) is 5.26 Å². The Kier molecular flexibility index (Phi) is 4.82. The van der Waals surface area contributed by atoms with Gasteiger partial charge >= 0.3 is 0 Å². The van der Waals surface area contributed by atoms with Crippen molar-refractivity contribution in [3.63, 3.8) is 0 Å². The largest absolute Gasteiger partial charge is 0.457 e. The maximum atomic E-state index is 12.9. The van der Waals surface area contributed by atoms with E-state index in [0.717, 1.165) is 0 Å². The number of rotatable bonds is 4. The zero-order valence-electron chi connectivity index (χ0n) is 13.1. The summed E-state index contributed by atoms with van der Waals surface area (Å²) in [6.07, 6.45) is 1.79. The number of nitrogens with one attached hydrogen (secondary N) is 1. The minimum absolute atomic E-state index is 0.0370. The summed E-state index contributed by atoms with van der Waals surface area (Å²) in [7, 11) is 0. The zero-order chi connectivity index (χ0) is 17.8. The quantitative estimate of drug-likeness (QED) is 0.567. The van der Waals surface area contributed by atoms with Crippen molar-refractivity contribution in [3.05, 3.63) is 70.3 Å². The number of nitriles is 1. The summed E-state index contributed by atoms with van der Waals surface area (Å²) in [5.74, 6) is 0.714. The van der Waals surface area contributed by atoms with Crippen LogP contribution in [0, 0.1) is 17.1 Å². The van der Waals surface area contributed by atoms with Crippen LogP contribution in [0.2, 0.25) is 0 Å². The van der Waals surface area contributed by atoms with Crippen LogP contribution in [-0.4, -0.2) is 16.2 Å². The highest BCUT2D eigenvalue weighted by Gasteiger charge is 2.13. The monoisotopic (exact) mass is 353 g/mol. The highest BCUT2D eigenvalue weighted by Crippen LogP contribution is 2.26. The number of H-pyrrole nitrogens is 1. The predicted octanol–water partition coefficient (Wildman–Crippen LogP) is 3.96. The third-order valence-corrected chi connectivity index (χ3v) is 3.96. The van der Waals surface area contributed by atoms with Gasteiger partial charge in [-0.25, -0.2) is 9.37 Å². The Hall–Kier alpha value is -3.11. The van der Waals surface area contributed by atoms with Crippen molar-refractivity contribution < 1.29 is 9.13 Å². The lowest BCUT2D eigenvalue weighted by Gasteiger charge is -2.08. The Labute approximate surface area is 147 Å². The van der Waals surface area contributed by atoms with Gasteiger partial charge in [-0.15, -0.1) is 0 Å². The van der Waals surface area contributed by atoms with Crippen LogP contribution >= 0.6 is 11.8 Å². The number of ether oxygens (including phenoxy) is 1. The molecule has 25 heavy (non-hydrogen) atoms. The molecular weight excluding hydrogens is 341 g/mol. The first kappa shape index (κ1) is 16.7. The second-order valence-corrected chi connectivity index (χ2v) is 5.79. The molecule has 1 aromatic heterocycles. The van der Waals surface area contributed by atoms with Crippen LogP contribution in [0.15, 0.2) is 58.5 Å². The van der Waals surface area contributed by atoms with Crippen LogP contribution in [0.3, 0.4) is 0 Å². The Bertz CT molecular complexity index is 993. The van der Waals surface area contributed by atoms with E-state index in [1.54, 1.807) is 30.5 Å². The highest BCUT2D eigenvalue weighted by atomic mass is 32.2. The van der Waals surface area contributed by atoms with E-state index < -0.39 is 5.56 Å². The minimum Gasteiger partial charge on any atom is -0.457 e. The zero-order valence-corrected chi connectivity index (χ0v) is 13.9. The van der Waals surface area contributed by atoms with Gasteiger partial charge in [-0.05, 0) is 54.8 Å². The van der Waals surface area contributed by atoms with E-state index >= 15 is 0 Å². The van der Waals surface area contributed by atoms with E-state index in [9.17, 15) is 14.4 Å². The van der Waals surface area contributed by atoms with Crippen molar-refractivity contribution in [2.45, 2.75) is 5.16 Å². The number of aromatic amines is 1. The molecule has 3 rings (SSSR count). The highest BCUT2D eigenvalue weighted by molar-refractivity contribution is 7.98.